The highest BCUT2D eigenvalue weighted by molar-refractivity contribution is 6.30. The number of anilines is 2. The van der Waals surface area contributed by atoms with E-state index in [2.05, 4.69) is 48.6 Å². The second-order valence-electron chi connectivity index (χ2n) is 7.88. The summed E-state index contributed by atoms with van der Waals surface area (Å²) in [5.41, 5.74) is 8.22. The molecule has 3 aromatic carbocycles. The van der Waals surface area contributed by atoms with Crippen LogP contribution in [0.2, 0.25) is 5.02 Å². The second-order valence-corrected chi connectivity index (χ2v) is 8.32. The average molecular weight is 439 g/mol. The van der Waals surface area contributed by atoms with Gasteiger partial charge < -0.3 is 5.32 Å². The first kappa shape index (κ1) is 20.3. The third kappa shape index (κ3) is 3.85. The Morgan fingerprint density at radius 3 is 2.16 bits per heavy atom. The largest absolute Gasteiger partial charge is 0.340 e. The minimum absolute atomic E-state index is 0.706. The lowest BCUT2D eigenvalue weighted by Crippen LogP contribution is -2.09. The summed E-state index contributed by atoms with van der Waals surface area (Å²) in [4.78, 5) is 5.02. The Kier molecular flexibility index (Phi) is 5.38. The molecule has 1 N–H and O–H groups in total. The number of aryl methyl sites for hydroxylation is 2. The van der Waals surface area contributed by atoms with Crippen LogP contribution >= 0.6 is 11.6 Å². The van der Waals surface area contributed by atoms with Crippen molar-refractivity contribution in [1.82, 2.24) is 14.6 Å². The van der Waals surface area contributed by atoms with Gasteiger partial charge in [-0.2, -0.15) is 9.61 Å². The summed E-state index contributed by atoms with van der Waals surface area (Å²) < 4.78 is 1.94. The SMILES string of the molecule is Cc1nc2c(-c3ccccc3)c(C)nn2c(Nc2ccc(Cl)cc2)c1Cc1ccccc1. The molecular formula is C27H23ClN4. The molecular weight excluding hydrogens is 416 g/mol. The number of hydrogen-bond donors (Lipinski definition) is 1. The van der Waals surface area contributed by atoms with Crippen LogP contribution in [0.4, 0.5) is 11.5 Å². The molecule has 5 heteroatoms. The van der Waals surface area contributed by atoms with Crippen LogP contribution in [0.15, 0.2) is 84.9 Å². The minimum Gasteiger partial charge on any atom is -0.340 e. The van der Waals surface area contributed by atoms with Crippen molar-refractivity contribution in [2.24, 2.45) is 0 Å². The predicted octanol–water partition coefficient (Wildman–Crippen LogP) is 7.00. The molecule has 0 spiro atoms. The van der Waals surface area contributed by atoms with Crippen molar-refractivity contribution < 1.29 is 0 Å². The molecule has 4 nitrogen and oxygen atoms in total. The fourth-order valence-electron chi connectivity index (χ4n) is 4.05. The topological polar surface area (TPSA) is 42.2 Å². The average Bonchev–Trinajstić information content (AvgIpc) is 3.14. The van der Waals surface area contributed by atoms with E-state index in [1.807, 2.05) is 60.0 Å². The Bertz CT molecular complexity index is 1370. The van der Waals surface area contributed by atoms with Crippen molar-refractivity contribution in [3.05, 3.63) is 112 Å². The highest BCUT2D eigenvalue weighted by atomic mass is 35.5. The molecule has 5 rings (SSSR count). The van der Waals surface area contributed by atoms with Crippen LogP contribution in [0.5, 0.6) is 0 Å². The smallest absolute Gasteiger partial charge is 0.165 e. The fourth-order valence-corrected chi connectivity index (χ4v) is 4.18. The van der Waals surface area contributed by atoms with E-state index < -0.39 is 0 Å². The molecule has 32 heavy (non-hydrogen) atoms. The summed E-state index contributed by atoms with van der Waals surface area (Å²) in [5.74, 6) is 0.920. The van der Waals surface area contributed by atoms with Crippen molar-refractivity contribution in [2.45, 2.75) is 20.3 Å². The maximum Gasteiger partial charge on any atom is 0.165 e. The number of halogens is 1. The number of nitrogens with zero attached hydrogens (tertiary/aromatic N) is 3. The number of hydrogen-bond acceptors (Lipinski definition) is 3. The van der Waals surface area contributed by atoms with Crippen molar-refractivity contribution >= 4 is 28.8 Å². The first-order valence-electron chi connectivity index (χ1n) is 10.6. The molecule has 0 aliphatic carbocycles. The van der Waals surface area contributed by atoms with Crippen LogP contribution < -0.4 is 5.32 Å². The Hall–Kier alpha value is -3.63. The van der Waals surface area contributed by atoms with E-state index in [1.165, 1.54) is 5.56 Å². The standard InChI is InChI=1S/C27H23ClN4/c1-18-24(17-20-9-5-3-6-10-20)26(30-23-15-13-22(28)14-16-23)32-27(29-18)25(19(2)31-32)21-11-7-4-8-12-21/h3-16,30H,17H2,1-2H3. The Balaban J connectivity index is 1.73. The van der Waals surface area contributed by atoms with Gasteiger partial charge in [0.05, 0.1) is 5.69 Å². The molecule has 0 unspecified atom stereocenters. The molecule has 2 heterocycles. The Labute approximate surface area is 192 Å². The van der Waals surface area contributed by atoms with E-state index in [4.69, 9.17) is 21.7 Å². The second kappa shape index (κ2) is 8.48. The summed E-state index contributed by atoms with van der Waals surface area (Å²) in [5, 5.41) is 9.22. The summed E-state index contributed by atoms with van der Waals surface area (Å²) in [6.45, 7) is 4.11. The predicted molar refractivity (Wildman–Crippen MR) is 132 cm³/mol. The van der Waals surface area contributed by atoms with Crippen LogP contribution in [-0.2, 0) is 6.42 Å². The van der Waals surface area contributed by atoms with Gasteiger partial charge in [-0.25, -0.2) is 4.98 Å². The summed E-state index contributed by atoms with van der Waals surface area (Å²) in [6, 6.07) is 28.5. The molecule has 0 bridgehead atoms. The van der Waals surface area contributed by atoms with Gasteiger partial charge in [-0.05, 0) is 49.2 Å². The lowest BCUT2D eigenvalue weighted by Gasteiger charge is -2.16. The van der Waals surface area contributed by atoms with Gasteiger partial charge in [0.25, 0.3) is 0 Å². The number of rotatable bonds is 5. The molecule has 0 aliphatic rings. The lowest BCUT2D eigenvalue weighted by atomic mass is 10.0. The molecule has 0 amide bonds. The maximum atomic E-state index is 6.11. The van der Waals surface area contributed by atoms with Crippen LogP contribution in [0, 0.1) is 13.8 Å². The molecule has 0 saturated heterocycles. The van der Waals surface area contributed by atoms with Crippen molar-refractivity contribution in [3.8, 4) is 11.1 Å². The van der Waals surface area contributed by atoms with E-state index in [1.54, 1.807) is 0 Å². The van der Waals surface area contributed by atoms with E-state index in [0.29, 0.717) is 5.02 Å². The zero-order valence-corrected chi connectivity index (χ0v) is 18.8. The van der Waals surface area contributed by atoms with Gasteiger partial charge in [0.2, 0.25) is 0 Å². The van der Waals surface area contributed by atoms with Gasteiger partial charge >= 0.3 is 0 Å². The highest BCUT2D eigenvalue weighted by Gasteiger charge is 2.20. The quantitative estimate of drug-likeness (QED) is 0.321. The molecule has 5 aromatic rings. The van der Waals surface area contributed by atoms with Gasteiger partial charge in [0, 0.05) is 34.0 Å². The van der Waals surface area contributed by atoms with E-state index >= 15 is 0 Å². The third-order valence-corrected chi connectivity index (χ3v) is 5.89. The van der Waals surface area contributed by atoms with Crippen molar-refractivity contribution in [3.63, 3.8) is 0 Å². The number of fused-ring (bicyclic) bond motifs is 1. The van der Waals surface area contributed by atoms with Crippen LogP contribution in [0.3, 0.4) is 0 Å². The summed E-state index contributed by atoms with van der Waals surface area (Å²) in [6.07, 6.45) is 0.755. The van der Waals surface area contributed by atoms with Gasteiger partial charge in [-0.1, -0.05) is 72.3 Å². The third-order valence-electron chi connectivity index (χ3n) is 5.64. The van der Waals surface area contributed by atoms with Crippen LogP contribution in [-0.4, -0.2) is 14.6 Å². The first-order valence-corrected chi connectivity index (χ1v) is 11.0. The molecule has 0 saturated carbocycles. The fraction of sp³-hybridized carbons (Fsp3) is 0.111. The number of benzene rings is 3. The van der Waals surface area contributed by atoms with Crippen molar-refractivity contribution in [1.29, 1.82) is 0 Å². The molecule has 2 aromatic heterocycles. The highest BCUT2D eigenvalue weighted by Crippen LogP contribution is 2.33. The molecule has 0 atom stereocenters. The minimum atomic E-state index is 0.706. The Morgan fingerprint density at radius 1 is 0.812 bits per heavy atom. The normalized spacial score (nSPS) is 11.1. The summed E-state index contributed by atoms with van der Waals surface area (Å²) >= 11 is 6.11. The van der Waals surface area contributed by atoms with Gasteiger partial charge in [0.1, 0.15) is 5.82 Å². The molecule has 0 radical (unpaired) electrons. The molecule has 158 valence electrons. The molecule has 0 aliphatic heterocycles. The zero-order valence-electron chi connectivity index (χ0n) is 18.0. The van der Waals surface area contributed by atoms with Gasteiger partial charge in [-0.15, -0.1) is 0 Å². The van der Waals surface area contributed by atoms with Crippen LogP contribution in [0.1, 0.15) is 22.5 Å². The van der Waals surface area contributed by atoms with Gasteiger partial charge in [-0.3, -0.25) is 0 Å². The maximum absolute atomic E-state index is 6.11. The Morgan fingerprint density at radius 2 is 1.47 bits per heavy atom. The van der Waals surface area contributed by atoms with Gasteiger partial charge in [0.15, 0.2) is 5.65 Å². The zero-order chi connectivity index (χ0) is 22.1. The van der Waals surface area contributed by atoms with E-state index in [0.717, 1.165) is 51.7 Å². The lowest BCUT2D eigenvalue weighted by molar-refractivity contribution is 0.895. The van der Waals surface area contributed by atoms with Crippen LogP contribution in [0.25, 0.3) is 16.8 Å². The summed E-state index contributed by atoms with van der Waals surface area (Å²) in [7, 11) is 0. The molecule has 0 fully saturated rings. The first-order chi connectivity index (χ1) is 15.6. The monoisotopic (exact) mass is 438 g/mol. The van der Waals surface area contributed by atoms with E-state index in [9.17, 15) is 0 Å². The van der Waals surface area contributed by atoms with Crippen molar-refractivity contribution in [2.75, 3.05) is 5.32 Å². The number of nitrogens with one attached hydrogen (secondary N) is 1. The van der Waals surface area contributed by atoms with E-state index in [-0.39, 0.29) is 0 Å². The number of aromatic nitrogens is 3.